The number of carbonyl (C=O) groups excluding carboxylic acids is 1. The quantitative estimate of drug-likeness (QED) is 0.483. The molecule has 15 heteroatoms. The zero-order chi connectivity index (χ0) is 26.2. The van der Waals surface area contributed by atoms with Crippen LogP contribution in [-0.4, -0.2) is 86.0 Å². The number of likely N-dealkylation sites (N-methyl/N-ethyl adjacent to an activating group) is 1. The zero-order valence-electron chi connectivity index (χ0n) is 19.4. The van der Waals surface area contributed by atoms with Crippen molar-refractivity contribution < 1.29 is 44.6 Å². The highest BCUT2D eigenvalue weighted by Gasteiger charge is 2.46. The Hall–Kier alpha value is -2.29. The number of sulfone groups is 1. The van der Waals surface area contributed by atoms with Crippen LogP contribution in [0.1, 0.15) is 39.5 Å². The second-order valence-corrected chi connectivity index (χ2v) is 11.6. The monoisotopic (exact) mass is 530 g/mol. The first-order valence-corrected chi connectivity index (χ1v) is 12.6. The number of carbonyl (C=O) groups is 1. The van der Waals surface area contributed by atoms with Crippen LogP contribution in [0.4, 0.5) is 22.0 Å². The van der Waals surface area contributed by atoms with E-state index >= 15 is 0 Å². The Morgan fingerprint density at radius 3 is 2.46 bits per heavy atom. The number of aliphatic imine (C=N–C) groups is 2. The third-order valence-corrected chi connectivity index (χ3v) is 7.73. The van der Waals surface area contributed by atoms with E-state index in [4.69, 9.17) is 4.74 Å². The second-order valence-electron chi connectivity index (χ2n) is 9.27. The molecule has 0 saturated carbocycles. The molecule has 0 aliphatic carbocycles. The number of halogens is 5. The highest BCUT2D eigenvalue weighted by molar-refractivity contribution is 7.91. The number of hydrogen-bond acceptors (Lipinski definition) is 8. The molecule has 0 aromatic carbocycles. The molecule has 0 aromatic rings. The van der Waals surface area contributed by atoms with E-state index in [1.165, 1.54) is 18.0 Å². The van der Waals surface area contributed by atoms with Gasteiger partial charge in [0, 0.05) is 19.0 Å². The van der Waals surface area contributed by atoms with Gasteiger partial charge in [0.25, 0.3) is 5.91 Å². The maximum Gasteiger partial charge on any atom is 0.391 e. The van der Waals surface area contributed by atoms with Gasteiger partial charge < -0.3 is 19.7 Å². The molecule has 1 unspecified atom stereocenters. The first kappa shape index (κ1) is 27.3. The number of amidine groups is 2. The molecule has 3 heterocycles. The summed E-state index contributed by atoms with van der Waals surface area (Å²) in [7, 11) is -1.59. The molecule has 3 rings (SSSR count). The van der Waals surface area contributed by atoms with E-state index in [0.29, 0.717) is 5.84 Å². The van der Waals surface area contributed by atoms with Gasteiger partial charge in [0.2, 0.25) is 5.88 Å². The molecule has 198 valence electrons. The summed E-state index contributed by atoms with van der Waals surface area (Å²) in [6.45, 7) is -0.741. The Balaban J connectivity index is 1.66. The van der Waals surface area contributed by atoms with Crippen molar-refractivity contribution in [1.29, 1.82) is 0 Å². The topological polar surface area (TPSA) is 110 Å². The van der Waals surface area contributed by atoms with Crippen LogP contribution in [-0.2, 0) is 24.1 Å². The van der Waals surface area contributed by atoms with Crippen molar-refractivity contribution in [2.75, 3.05) is 25.2 Å². The average Bonchev–Trinajstić information content (AvgIpc) is 2.98. The lowest BCUT2D eigenvalue weighted by Crippen LogP contribution is -2.54. The van der Waals surface area contributed by atoms with Gasteiger partial charge in [-0.1, -0.05) is 0 Å². The average molecular weight is 531 g/mol. The molecule has 0 spiro atoms. The standard InChI is InChI=1S/C20H27F5N4O5S/c1-18(6-8-35(31,32)9-7-18)28-15(30)14-27-19(2)5-4-13(26-16(19)29(14)3)33-11-12(34-17(21)22)10-20(23,24)25/h4,12,17H,5-11H2,1-3H3,(H,28,30)/t12-,19?/m0/s1. The van der Waals surface area contributed by atoms with Gasteiger partial charge in [-0.2, -0.15) is 26.9 Å². The molecular formula is C20H27F5N4O5S. The largest absolute Gasteiger partial charge is 0.475 e. The number of fused-ring (bicyclic) bond motifs is 1. The zero-order valence-corrected chi connectivity index (χ0v) is 20.2. The number of ether oxygens (including phenoxy) is 2. The van der Waals surface area contributed by atoms with Crippen LogP contribution in [0, 0.1) is 0 Å². The maximum atomic E-state index is 13.0. The molecule has 2 atom stereocenters. The van der Waals surface area contributed by atoms with Crippen molar-refractivity contribution in [1.82, 2.24) is 10.2 Å². The Morgan fingerprint density at radius 1 is 1.26 bits per heavy atom. The predicted octanol–water partition coefficient (Wildman–Crippen LogP) is 2.39. The third kappa shape index (κ3) is 6.90. The van der Waals surface area contributed by atoms with Gasteiger partial charge >= 0.3 is 12.8 Å². The van der Waals surface area contributed by atoms with E-state index in [-0.39, 0.29) is 42.5 Å². The number of hydrogen-bond donors (Lipinski definition) is 1. The molecule has 3 aliphatic heterocycles. The van der Waals surface area contributed by atoms with Crippen molar-refractivity contribution >= 4 is 27.4 Å². The highest BCUT2D eigenvalue weighted by atomic mass is 32.2. The van der Waals surface area contributed by atoms with Crippen molar-refractivity contribution in [3.63, 3.8) is 0 Å². The maximum absolute atomic E-state index is 13.0. The molecule has 0 radical (unpaired) electrons. The van der Waals surface area contributed by atoms with Gasteiger partial charge in [-0.25, -0.2) is 13.4 Å². The van der Waals surface area contributed by atoms with Crippen molar-refractivity contribution in [3.05, 3.63) is 12.0 Å². The van der Waals surface area contributed by atoms with Crippen LogP contribution < -0.4 is 5.32 Å². The van der Waals surface area contributed by atoms with E-state index in [0.717, 1.165) is 0 Å². The lowest BCUT2D eigenvalue weighted by molar-refractivity contribution is -0.215. The van der Waals surface area contributed by atoms with E-state index in [1.807, 2.05) is 0 Å². The first-order valence-electron chi connectivity index (χ1n) is 10.8. The molecular weight excluding hydrogens is 503 g/mol. The molecule has 3 aliphatic rings. The van der Waals surface area contributed by atoms with Crippen LogP contribution in [0.5, 0.6) is 0 Å². The highest BCUT2D eigenvalue weighted by Crippen LogP contribution is 2.33. The molecule has 9 nitrogen and oxygen atoms in total. The predicted molar refractivity (Wildman–Crippen MR) is 116 cm³/mol. The smallest absolute Gasteiger partial charge is 0.391 e. The van der Waals surface area contributed by atoms with Crippen LogP contribution in [0.15, 0.2) is 21.9 Å². The van der Waals surface area contributed by atoms with Gasteiger partial charge in [-0.05, 0) is 32.8 Å². The number of alkyl halides is 5. The van der Waals surface area contributed by atoms with E-state index in [9.17, 15) is 35.2 Å². The number of nitrogens with zero attached hydrogens (tertiary/aromatic N) is 3. The fraction of sp³-hybridized carbons (Fsp3) is 0.750. The summed E-state index contributed by atoms with van der Waals surface area (Å²) in [4.78, 5) is 23.1. The van der Waals surface area contributed by atoms with Crippen molar-refractivity contribution in [2.45, 2.75) is 69.5 Å². The van der Waals surface area contributed by atoms with Gasteiger partial charge in [-0.15, -0.1) is 0 Å². The van der Waals surface area contributed by atoms with Gasteiger partial charge in [-0.3, -0.25) is 4.79 Å². The lowest BCUT2D eigenvalue weighted by atomic mass is 9.95. The van der Waals surface area contributed by atoms with Crippen molar-refractivity contribution in [2.24, 2.45) is 9.98 Å². The molecule has 1 amide bonds. The van der Waals surface area contributed by atoms with Crippen molar-refractivity contribution in [3.8, 4) is 0 Å². The minimum absolute atomic E-state index is 0.0338. The third-order valence-electron chi connectivity index (χ3n) is 6.08. The Kier molecular flexibility index (Phi) is 7.52. The summed E-state index contributed by atoms with van der Waals surface area (Å²) in [5, 5.41) is 2.85. The number of rotatable bonds is 8. The number of amides is 1. The second kappa shape index (κ2) is 9.64. The molecule has 1 N–H and O–H groups in total. The van der Waals surface area contributed by atoms with Gasteiger partial charge in [0.1, 0.15) is 33.9 Å². The summed E-state index contributed by atoms with van der Waals surface area (Å²) in [5.41, 5.74) is -1.68. The van der Waals surface area contributed by atoms with E-state index < -0.39 is 58.7 Å². The summed E-state index contributed by atoms with van der Waals surface area (Å²) in [6, 6.07) is 0. The Morgan fingerprint density at radius 2 is 1.89 bits per heavy atom. The van der Waals surface area contributed by atoms with Crippen LogP contribution in [0.25, 0.3) is 0 Å². The van der Waals surface area contributed by atoms with E-state index in [2.05, 4.69) is 20.0 Å². The molecule has 35 heavy (non-hydrogen) atoms. The summed E-state index contributed by atoms with van der Waals surface area (Å²) in [5.74, 6) is -0.371. The number of nitrogens with one attached hydrogen (secondary N) is 1. The fourth-order valence-electron chi connectivity index (χ4n) is 4.05. The first-order chi connectivity index (χ1) is 16.0. The SMILES string of the molecule is CN1C(C(=O)NC2(C)CCS(=O)(=O)CC2)=NC2(C)CC=C(OC[C@H](CC(F)(F)F)OC(F)F)N=C12. The van der Waals surface area contributed by atoms with Crippen LogP contribution in [0.3, 0.4) is 0 Å². The summed E-state index contributed by atoms with van der Waals surface area (Å²) in [6.07, 6.45) is -6.12. The Bertz CT molecular complexity index is 1030. The minimum atomic E-state index is -4.73. The molecule has 1 saturated heterocycles. The normalized spacial score (nSPS) is 26.4. The van der Waals surface area contributed by atoms with Gasteiger partial charge in [0.05, 0.1) is 17.9 Å². The van der Waals surface area contributed by atoms with Crippen LogP contribution >= 0.6 is 0 Å². The van der Waals surface area contributed by atoms with Crippen LogP contribution in [0.2, 0.25) is 0 Å². The summed E-state index contributed by atoms with van der Waals surface area (Å²) < 4.78 is 95.5. The summed E-state index contributed by atoms with van der Waals surface area (Å²) >= 11 is 0. The van der Waals surface area contributed by atoms with Gasteiger partial charge in [0.15, 0.2) is 5.84 Å². The Labute approximate surface area is 199 Å². The molecule has 0 aromatic heterocycles. The molecule has 1 fully saturated rings. The fourth-order valence-corrected chi connectivity index (χ4v) is 5.78. The van der Waals surface area contributed by atoms with E-state index in [1.54, 1.807) is 13.8 Å². The lowest BCUT2D eigenvalue weighted by Gasteiger charge is -2.34. The molecule has 0 bridgehead atoms. The minimum Gasteiger partial charge on any atom is -0.475 e.